The predicted molar refractivity (Wildman–Crippen MR) is 74.0 cm³/mol. The fourth-order valence-corrected chi connectivity index (χ4v) is 1.79. The van der Waals surface area contributed by atoms with Crippen LogP contribution in [-0.2, 0) is 0 Å². The number of nitrogens with zero attached hydrogens (tertiary/aromatic N) is 1. The van der Waals surface area contributed by atoms with Crippen LogP contribution in [0.2, 0.25) is 0 Å². The highest BCUT2D eigenvalue weighted by molar-refractivity contribution is 9.10. The number of nitro groups is 1. The van der Waals surface area contributed by atoms with Gasteiger partial charge in [-0.25, -0.2) is 0 Å². The van der Waals surface area contributed by atoms with Crippen molar-refractivity contribution in [2.45, 2.75) is 13.8 Å². The smallest absolute Gasteiger partial charge is 0.312 e. The normalized spacial score (nSPS) is 12.2. The van der Waals surface area contributed by atoms with Crippen molar-refractivity contribution >= 4 is 21.6 Å². The molecule has 18 heavy (non-hydrogen) atoms. The lowest BCUT2D eigenvalue weighted by molar-refractivity contribution is -0.386. The molecule has 0 fully saturated rings. The molecule has 0 aliphatic heterocycles. The average Bonchev–Trinajstić information content (AvgIpc) is 2.34. The number of nitrogens with one attached hydrogen (secondary N) is 1. The molecule has 1 rings (SSSR count). The predicted octanol–water partition coefficient (Wildman–Crippen LogP) is 2.98. The number of rotatable bonds is 7. The highest BCUT2D eigenvalue weighted by atomic mass is 79.9. The van der Waals surface area contributed by atoms with Gasteiger partial charge in [-0.05, 0) is 18.7 Å². The zero-order chi connectivity index (χ0) is 13.5. The van der Waals surface area contributed by atoms with E-state index in [1.807, 2.05) is 13.8 Å². The summed E-state index contributed by atoms with van der Waals surface area (Å²) in [6, 6.07) is 4.80. The summed E-state index contributed by atoms with van der Waals surface area (Å²) in [7, 11) is 0. The minimum Gasteiger partial charge on any atom is -0.486 e. The van der Waals surface area contributed by atoms with Crippen molar-refractivity contribution in [2.24, 2.45) is 5.92 Å². The van der Waals surface area contributed by atoms with Gasteiger partial charge in [-0.2, -0.15) is 0 Å². The maximum Gasteiger partial charge on any atom is 0.312 e. The minimum atomic E-state index is -0.435. The lowest BCUT2D eigenvalue weighted by Gasteiger charge is -2.13. The first-order valence-corrected chi connectivity index (χ1v) is 6.61. The standard InChI is InChI=1S/C12H17BrN2O3/c1-3-14-7-9(2)8-18-12-5-4-10(13)6-11(12)15(16)17/h4-6,9,14H,3,7-8H2,1-2H3. The Labute approximate surface area is 115 Å². The summed E-state index contributed by atoms with van der Waals surface area (Å²) >= 11 is 3.21. The van der Waals surface area contributed by atoms with E-state index in [9.17, 15) is 10.1 Å². The molecule has 0 aliphatic rings. The third kappa shape index (κ3) is 4.62. The number of hydrogen-bond acceptors (Lipinski definition) is 4. The second-order valence-electron chi connectivity index (χ2n) is 4.09. The van der Waals surface area contributed by atoms with E-state index >= 15 is 0 Å². The Morgan fingerprint density at radius 2 is 2.28 bits per heavy atom. The Morgan fingerprint density at radius 3 is 2.89 bits per heavy atom. The molecule has 0 radical (unpaired) electrons. The second-order valence-corrected chi connectivity index (χ2v) is 5.01. The van der Waals surface area contributed by atoms with Crippen LogP contribution in [0.1, 0.15) is 13.8 Å². The molecule has 0 aliphatic carbocycles. The third-order valence-electron chi connectivity index (χ3n) is 2.38. The van der Waals surface area contributed by atoms with E-state index < -0.39 is 4.92 Å². The molecule has 1 aromatic rings. The molecule has 6 heteroatoms. The Hall–Kier alpha value is -1.14. The highest BCUT2D eigenvalue weighted by Crippen LogP contribution is 2.30. The quantitative estimate of drug-likeness (QED) is 0.620. The van der Waals surface area contributed by atoms with E-state index in [4.69, 9.17) is 4.74 Å². The first-order chi connectivity index (χ1) is 8.54. The molecule has 1 unspecified atom stereocenters. The molecule has 0 spiro atoms. The molecule has 1 atom stereocenters. The summed E-state index contributed by atoms with van der Waals surface area (Å²) in [5, 5.41) is 14.1. The van der Waals surface area contributed by atoms with E-state index in [0.717, 1.165) is 13.1 Å². The van der Waals surface area contributed by atoms with Crippen LogP contribution in [0.25, 0.3) is 0 Å². The molecule has 1 aromatic carbocycles. The van der Waals surface area contributed by atoms with Crippen LogP contribution in [0.15, 0.2) is 22.7 Å². The van der Waals surface area contributed by atoms with Gasteiger partial charge in [0.25, 0.3) is 0 Å². The Kier molecular flexibility index (Phi) is 6.07. The molecule has 0 amide bonds. The van der Waals surface area contributed by atoms with Crippen LogP contribution in [0.3, 0.4) is 0 Å². The van der Waals surface area contributed by atoms with E-state index in [2.05, 4.69) is 21.2 Å². The minimum absolute atomic E-state index is 0.0139. The second kappa shape index (κ2) is 7.33. The Morgan fingerprint density at radius 1 is 1.56 bits per heavy atom. The molecular weight excluding hydrogens is 300 g/mol. The first kappa shape index (κ1) is 14.9. The van der Waals surface area contributed by atoms with Gasteiger partial charge in [0.05, 0.1) is 11.5 Å². The molecule has 0 heterocycles. The fourth-order valence-electron chi connectivity index (χ4n) is 1.44. The highest BCUT2D eigenvalue weighted by Gasteiger charge is 2.16. The zero-order valence-corrected chi connectivity index (χ0v) is 12.1. The van der Waals surface area contributed by atoms with E-state index in [-0.39, 0.29) is 5.69 Å². The topological polar surface area (TPSA) is 64.4 Å². The van der Waals surface area contributed by atoms with Gasteiger partial charge in [0.1, 0.15) is 0 Å². The van der Waals surface area contributed by atoms with Crippen molar-refractivity contribution < 1.29 is 9.66 Å². The van der Waals surface area contributed by atoms with Gasteiger partial charge in [-0.15, -0.1) is 0 Å². The van der Waals surface area contributed by atoms with Crippen LogP contribution >= 0.6 is 15.9 Å². The van der Waals surface area contributed by atoms with Crippen molar-refractivity contribution in [3.63, 3.8) is 0 Å². The number of benzene rings is 1. The van der Waals surface area contributed by atoms with E-state index in [0.29, 0.717) is 22.7 Å². The third-order valence-corrected chi connectivity index (χ3v) is 2.88. The summed E-state index contributed by atoms with van der Waals surface area (Å²) in [5.74, 6) is 0.611. The Balaban J connectivity index is 2.64. The van der Waals surface area contributed by atoms with E-state index in [1.165, 1.54) is 6.07 Å². The SMILES string of the molecule is CCNCC(C)COc1ccc(Br)cc1[N+](=O)[O-]. The van der Waals surface area contributed by atoms with Crippen LogP contribution in [0, 0.1) is 16.0 Å². The molecule has 5 nitrogen and oxygen atoms in total. The summed E-state index contributed by atoms with van der Waals surface area (Å²) in [6.07, 6.45) is 0. The van der Waals surface area contributed by atoms with Crippen LogP contribution in [0.5, 0.6) is 5.75 Å². The van der Waals surface area contributed by atoms with Gasteiger partial charge in [0.15, 0.2) is 5.75 Å². The van der Waals surface area contributed by atoms with Gasteiger partial charge in [-0.3, -0.25) is 10.1 Å². The molecule has 1 N–H and O–H groups in total. The van der Waals surface area contributed by atoms with Crippen molar-refractivity contribution in [3.8, 4) is 5.75 Å². The largest absolute Gasteiger partial charge is 0.486 e. The van der Waals surface area contributed by atoms with Gasteiger partial charge in [0, 0.05) is 23.0 Å². The van der Waals surface area contributed by atoms with Crippen molar-refractivity contribution in [2.75, 3.05) is 19.7 Å². The lowest BCUT2D eigenvalue weighted by Crippen LogP contribution is -2.24. The molecular formula is C12H17BrN2O3. The summed E-state index contributed by atoms with van der Waals surface area (Å²) < 4.78 is 6.18. The molecule has 0 saturated carbocycles. The van der Waals surface area contributed by atoms with Gasteiger partial charge in [-0.1, -0.05) is 29.8 Å². The maximum atomic E-state index is 10.9. The molecule has 0 bridgehead atoms. The molecule has 100 valence electrons. The summed E-state index contributed by atoms with van der Waals surface area (Å²) in [4.78, 5) is 10.4. The number of hydrogen-bond donors (Lipinski definition) is 1. The molecule has 0 aromatic heterocycles. The van der Waals surface area contributed by atoms with Crippen LogP contribution in [-0.4, -0.2) is 24.6 Å². The van der Waals surface area contributed by atoms with Crippen LogP contribution < -0.4 is 10.1 Å². The molecule has 0 saturated heterocycles. The number of halogens is 1. The summed E-state index contributed by atoms with van der Waals surface area (Å²) in [6.45, 7) is 6.26. The zero-order valence-electron chi connectivity index (χ0n) is 10.5. The average molecular weight is 317 g/mol. The van der Waals surface area contributed by atoms with Gasteiger partial charge in [0.2, 0.25) is 0 Å². The fraction of sp³-hybridized carbons (Fsp3) is 0.500. The lowest BCUT2D eigenvalue weighted by atomic mass is 10.2. The number of nitro benzene ring substituents is 1. The summed E-state index contributed by atoms with van der Waals surface area (Å²) in [5.41, 5.74) is -0.0139. The maximum absolute atomic E-state index is 10.9. The van der Waals surface area contributed by atoms with Crippen molar-refractivity contribution in [1.82, 2.24) is 5.32 Å². The van der Waals surface area contributed by atoms with E-state index in [1.54, 1.807) is 12.1 Å². The number of ether oxygens (including phenoxy) is 1. The Bertz CT molecular complexity index is 412. The monoisotopic (exact) mass is 316 g/mol. The van der Waals surface area contributed by atoms with Gasteiger partial charge >= 0.3 is 5.69 Å². The first-order valence-electron chi connectivity index (χ1n) is 5.82. The van der Waals surface area contributed by atoms with Crippen molar-refractivity contribution in [1.29, 1.82) is 0 Å². The van der Waals surface area contributed by atoms with Crippen molar-refractivity contribution in [3.05, 3.63) is 32.8 Å². The van der Waals surface area contributed by atoms with Crippen LogP contribution in [0.4, 0.5) is 5.69 Å². The van der Waals surface area contributed by atoms with Gasteiger partial charge < -0.3 is 10.1 Å².